The fourth-order valence-corrected chi connectivity index (χ4v) is 1.21. The van der Waals surface area contributed by atoms with E-state index in [0.29, 0.717) is 0 Å². The molecule has 7 heteroatoms. The Morgan fingerprint density at radius 3 is 2.57 bits per heavy atom. The predicted molar refractivity (Wildman–Crippen MR) is 48.6 cm³/mol. The molecule has 1 aromatic rings. The average molecular weight is 234 g/mol. The van der Waals surface area contributed by atoms with Gasteiger partial charge >= 0.3 is 0 Å². The van der Waals surface area contributed by atoms with Gasteiger partial charge in [0.1, 0.15) is 11.3 Å². The summed E-state index contributed by atoms with van der Waals surface area (Å²) in [7, 11) is 0. The number of aromatic nitrogens is 2. The minimum atomic E-state index is -1.57. The first kappa shape index (κ1) is 11.1. The summed E-state index contributed by atoms with van der Waals surface area (Å²) in [6, 6.07) is 1.46. The van der Waals surface area contributed by atoms with Crippen LogP contribution in [0, 0.1) is 11.3 Å². The van der Waals surface area contributed by atoms with Crippen molar-refractivity contribution in [1.82, 2.24) is 9.97 Å². The van der Waals surface area contributed by atoms with E-state index in [9.17, 15) is 5.11 Å². The maximum Gasteiger partial charge on any atom is 0.223 e. The first-order valence-electron chi connectivity index (χ1n) is 3.50. The minimum absolute atomic E-state index is 0.0603. The number of hydrogen-bond acceptors (Lipinski definition) is 5. The van der Waals surface area contributed by atoms with Crippen LogP contribution in [0.4, 0.5) is 0 Å². The van der Waals surface area contributed by atoms with Gasteiger partial charge in [-0.25, -0.2) is 9.97 Å². The van der Waals surface area contributed by atoms with Gasteiger partial charge in [0, 0.05) is 11.8 Å². The van der Waals surface area contributed by atoms with E-state index in [2.05, 4.69) is 9.97 Å². The van der Waals surface area contributed by atoms with Crippen molar-refractivity contribution in [2.45, 2.75) is 12.2 Å². The molecule has 74 valence electrons. The molecule has 0 spiro atoms. The zero-order valence-electron chi connectivity index (χ0n) is 6.72. The summed E-state index contributed by atoms with van der Waals surface area (Å²) in [5, 5.41) is 26.6. The Balaban J connectivity index is 3.03. The highest BCUT2D eigenvalue weighted by Gasteiger charge is 2.21. The largest absolute Gasteiger partial charge is 0.384 e. The molecule has 1 rings (SSSR count). The molecule has 5 nitrogen and oxygen atoms in total. The number of aliphatic hydroxyl groups excluding tert-OH is 2. The van der Waals surface area contributed by atoms with Crippen LogP contribution in [-0.2, 0) is 0 Å². The van der Waals surface area contributed by atoms with Gasteiger partial charge in [-0.05, 0) is 11.6 Å². The van der Waals surface area contributed by atoms with Crippen molar-refractivity contribution in [1.29, 1.82) is 5.26 Å². The third kappa shape index (κ3) is 2.30. The number of aliphatic hydroxyl groups is 2. The van der Waals surface area contributed by atoms with Crippen LogP contribution in [0.25, 0.3) is 0 Å². The van der Waals surface area contributed by atoms with Gasteiger partial charge in [0.15, 0.2) is 6.10 Å². The first-order valence-corrected chi connectivity index (χ1v) is 4.25. The van der Waals surface area contributed by atoms with E-state index in [0.717, 1.165) is 6.20 Å². The van der Waals surface area contributed by atoms with E-state index in [1.807, 2.05) is 0 Å². The van der Waals surface area contributed by atoms with Gasteiger partial charge in [-0.2, -0.15) is 5.26 Å². The summed E-state index contributed by atoms with van der Waals surface area (Å²) in [6.45, 7) is 0. The molecule has 0 aliphatic rings. The third-order valence-corrected chi connectivity index (χ3v) is 1.97. The summed E-state index contributed by atoms with van der Waals surface area (Å²) in [5.41, 5.74) is 0.0603. The molecular weight excluding hydrogens is 229 g/mol. The molecule has 0 fully saturated rings. The molecule has 0 amide bonds. The SMILES string of the molecule is N#CC(O)C(O)c1cnc(Cl)nc1Cl. The lowest BCUT2D eigenvalue weighted by atomic mass is 10.1. The lowest BCUT2D eigenvalue weighted by molar-refractivity contribution is 0.0524. The molecule has 0 bridgehead atoms. The standard InChI is InChI=1S/C7H5Cl2N3O2/c8-6-3(2-11-7(9)12-6)5(14)4(13)1-10/h2,4-5,13-14H. The van der Waals surface area contributed by atoms with Crippen molar-refractivity contribution in [3.05, 3.63) is 22.2 Å². The number of hydrogen-bond donors (Lipinski definition) is 2. The van der Waals surface area contributed by atoms with Crippen LogP contribution in [0.15, 0.2) is 6.20 Å². The molecule has 0 aromatic carbocycles. The normalized spacial score (nSPS) is 14.5. The van der Waals surface area contributed by atoms with Gasteiger partial charge in [0.25, 0.3) is 0 Å². The van der Waals surface area contributed by atoms with E-state index < -0.39 is 12.2 Å². The zero-order valence-corrected chi connectivity index (χ0v) is 8.24. The first-order chi connectivity index (χ1) is 6.56. The van der Waals surface area contributed by atoms with Gasteiger partial charge < -0.3 is 10.2 Å². The van der Waals surface area contributed by atoms with Crippen molar-refractivity contribution in [3.8, 4) is 6.07 Å². The highest BCUT2D eigenvalue weighted by atomic mass is 35.5. The molecular formula is C7H5Cl2N3O2. The van der Waals surface area contributed by atoms with Crippen LogP contribution in [0.3, 0.4) is 0 Å². The molecule has 1 heterocycles. The van der Waals surface area contributed by atoms with Gasteiger partial charge in [-0.15, -0.1) is 0 Å². The molecule has 0 saturated carbocycles. The van der Waals surface area contributed by atoms with E-state index >= 15 is 0 Å². The maximum absolute atomic E-state index is 9.38. The second-order valence-corrected chi connectivity index (χ2v) is 3.10. The Bertz CT molecular complexity index is 380. The Hall–Kier alpha value is -0.930. The molecule has 0 radical (unpaired) electrons. The Morgan fingerprint density at radius 1 is 1.43 bits per heavy atom. The molecule has 2 unspecified atom stereocenters. The average Bonchev–Trinajstić information content (AvgIpc) is 2.15. The summed E-state index contributed by atoms with van der Waals surface area (Å²) in [4.78, 5) is 7.12. The molecule has 14 heavy (non-hydrogen) atoms. The topological polar surface area (TPSA) is 90.0 Å². The van der Waals surface area contributed by atoms with Crippen molar-refractivity contribution in [3.63, 3.8) is 0 Å². The van der Waals surface area contributed by atoms with Crippen LogP contribution in [-0.4, -0.2) is 26.3 Å². The van der Waals surface area contributed by atoms with E-state index in [4.69, 9.17) is 33.6 Å². The molecule has 2 N–H and O–H groups in total. The minimum Gasteiger partial charge on any atom is -0.384 e. The van der Waals surface area contributed by atoms with Crippen molar-refractivity contribution in [2.24, 2.45) is 0 Å². The summed E-state index contributed by atoms with van der Waals surface area (Å²) in [6.07, 6.45) is -1.86. The van der Waals surface area contributed by atoms with Crippen LogP contribution in [0.1, 0.15) is 11.7 Å². The van der Waals surface area contributed by atoms with E-state index in [1.54, 1.807) is 0 Å². The van der Waals surface area contributed by atoms with Crippen LogP contribution >= 0.6 is 23.2 Å². The Morgan fingerprint density at radius 2 is 2.07 bits per heavy atom. The highest BCUT2D eigenvalue weighted by molar-refractivity contribution is 6.32. The summed E-state index contributed by atoms with van der Waals surface area (Å²) >= 11 is 11.0. The van der Waals surface area contributed by atoms with Crippen molar-refractivity contribution >= 4 is 23.2 Å². The van der Waals surface area contributed by atoms with Crippen LogP contribution < -0.4 is 0 Å². The zero-order chi connectivity index (χ0) is 10.7. The Kier molecular flexibility index (Phi) is 3.61. The third-order valence-electron chi connectivity index (χ3n) is 1.49. The van der Waals surface area contributed by atoms with Crippen molar-refractivity contribution in [2.75, 3.05) is 0 Å². The molecule has 1 aromatic heterocycles. The monoisotopic (exact) mass is 233 g/mol. The summed E-state index contributed by atoms with van der Waals surface area (Å²) in [5.74, 6) is 0. The smallest absolute Gasteiger partial charge is 0.223 e. The summed E-state index contributed by atoms with van der Waals surface area (Å²) < 4.78 is 0. The van der Waals surface area contributed by atoms with E-state index in [-0.39, 0.29) is 16.0 Å². The second-order valence-electron chi connectivity index (χ2n) is 2.40. The fourth-order valence-electron chi connectivity index (χ4n) is 0.790. The fraction of sp³-hybridized carbons (Fsp3) is 0.286. The van der Waals surface area contributed by atoms with Crippen molar-refractivity contribution < 1.29 is 10.2 Å². The number of rotatable bonds is 2. The Labute approximate surface area is 89.6 Å². The molecule has 2 atom stereocenters. The number of nitrogens with zero attached hydrogens (tertiary/aromatic N) is 3. The molecule has 0 saturated heterocycles. The van der Waals surface area contributed by atoms with Gasteiger partial charge in [0.05, 0.1) is 6.07 Å². The predicted octanol–water partition coefficient (Wildman–Crippen LogP) is 0.701. The van der Waals surface area contributed by atoms with Gasteiger partial charge in [0.2, 0.25) is 5.28 Å². The van der Waals surface area contributed by atoms with Gasteiger partial charge in [-0.1, -0.05) is 11.6 Å². The second kappa shape index (κ2) is 4.53. The van der Waals surface area contributed by atoms with Crippen LogP contribution in [0.2, 0.25) is 10.4 Å². The number of halogens is 2. The highest BCUT2D eigenvalue weighted by Crippen LogP contribution is 2.23. The number of nitriles is 1. The van der Waals surface area contributed by atoms with E-state index in [1.165, 1.54) is 6.07 Å². The maximum atomic E-state index is 9.38. The van der Waals surface area contributed by atoms with Crippen LogP contribution in [0.5, 0.6) is 0 Å². The quantitative estimate of drug-likeness (QED) is 0.446. The molecule has 0 aliphatic heterocycles. The van der Waals surface area contributed by atoms with Gasteiger partial charge in [-0.3, -0.25) is 0 Å². The lowest BCUT2D eigenvalue weighted by Crippen LogP contribution is -2.16. The lowest BCUT2D eigenvalue weighted by Gasteiger charge is -2.11. The molecule has 0 aliphatic carbocycles.